The molecule has 0 atom stereocenters. The van der Waals surface area contributed by atoms with E-state index in [1.54, 1.807) is 12.4 Å². The Labute approximate surface area is 185 Å². The molecule has 2 aromatic heterocycles. The summed E-state index contributed by atoms with van der Waals surface area (Å²) < 4.78 is 0. The van der Waals surface area contributed by atoms with E-state index < -0.39 is 0 Å². The average Bonchev–Trinajstić information content (AvgIpc) is 2.70. The molecule has 0 saturated heterocycles. The van der Waals surface area contributed by atoms with Crippen LogP contribution in [0.5, 0.6) is 0 Å². The molecule has 2 aromatic carbocycles. The van der Waals surface area contributed by atoms with Gasteiger partial charge in [0.05, 0.1) is 34.2 Å². The number of rotatable bonds is 2. The molecule has 0 amide bonds. The van der Waals surface area contributed by atoms with Crippen LogP contribution in [0.25, 0.3) is 22.5 Å². The largest absolute Gasteiger partial charge is 0.255 e. The maximum atomic E-state index is 4.39. The predicted molar refractivity (Wildman–Crippen MR) is 114 cm³/mol. The Balaban J connectivity index is 0.000000200. The fourth-order valence-corrected chi connectivity index (χ4v) is 2.95. The molecule has 4 nitrogen and oxygen atoms in total. The van der Waals surface area contributed by atoms with E-state index in [2.05, 4.69) is 19.9 Å². The Kier molecular flexibility index (Phi) is 8.32. The first kappa shape index (κ1) is 22.5. The van der Waals surface area contributed by atoms with Gasteiger partial charge in [0.2, 0.25) is 0 Å². The molecule has 4 rings (SSSR count). The predicted octanol–water partition coefficient (Wildman–Crippen LogP) is 5.52. The number of hydrogen-bond donors (Lipinski definition) is 0. The molecular weight excluding hydrogens is 537 g/mol. The topological polar surface area (TPSA) is 51.6 Å². The Morgan fingerprint density at radius 2 is 0.862 bits per heavy atom. The number of benzene rings is 2. The molecule has 0 aliphatic heterocycles. The van der Waals surface area contributed by atoms with Crippen LogP contribution < -0.4 is 0 Å². The smallest absolute Gasteiger partial charge is 0.0914 e. The van der Waals surface area contributed by atoms with Crippen molar-refractivity contribution < 1.29 is 20.1 Å². The summed E-state index contributed by atoms with van der Waals surface area (Å²) in [7, 11) is 0. The van der Waals surface area contributed by atoms with E-state index >= 15 is 0 Å². The molecular formula is C24H24IrN4. The summed E-state index contributed by atoms with van der Waals surface area (Å²) in [5, 5.41) is 0. The van der Waals surface area contributed by atoms with Gasteiger partial charge in [0.1, 0.15) is 0 Å². The van der Waals surface area contributed by atoms with Crippen molar-refractivity contribution in [3.8, 4) is 22.5 Å². The Bertz CT molecular complexity index is 964. The van der Waals surface area contributed by atoms with Gasteiger partial charge < -0.3 is 0 Å². The van der Waals surface area contributed by atoms with Crippen LogP contribution >= 0.6 is 0 Å². The Morgan fingerprint density at radius 3 is 1.17 bits per heavy atom. The SMILES string of the molecule is Cc1cnc(-c2ccccc2)c(C)n1.Cc1cnc(-c2ccccc2)c(C)n1.[Ir]. The van der Waals surface area contributed by atoms with Gasteiger partial charge >= 0.3 is 0 Å². The molecule has 0 unspecified atom stereocenters. The zero-order chi connectivity index (χ0) is 19.9. The first-order valence-electron chi connectivity index (χ1n) is 9.26. The summed E-state index contributed by atoms with van der Waals surface area (Å²) in [4.78, 5) is 17.5. The van der Waals surface area contributed by atoms with Gasteiger partial charge in [0.15, 0.2) is 0 Å². The van der Waals surface area contributed by atoms with Crippen LogP contribution in [-0.2, 0) is 20.1 Å². The van der Waals surface area contributed by atoms with E-state index in [1.807, 2.05) is 88.4 Å². The first-order valence-corrected chi connectivity index (χ1v) is 9.26. The van der Waals surface area contributed by atoms with Gasteiger partial charge in [-0.3, -0.25) is 19.9 Å². The van der Waals surface area contributed by atoms with E-state index in [4.69, 9.17) is 0 Å². The third-order valence-electron chi connectivity index (χ3n) is 4.23. The van der Waals surface area contributed by atoms with Crippen molar-refractivity contribution in [2.75, 3.05) is 0 Å². The van der Waals surface area contributed by atoms with E-state index in [1.165, 1.54) is 0 Å². The van der Waals surface area contributed by atoms with E-state index in [-0.39, 0.29) is 20.1 Å². The molecule has 2 heterocycles. The van der Waals surface area contributed by atoms with Gasteiger partial charge in [-0.25, -0.2) is 0 Å². The quantitative estimate of drug-likeness (QED) is 0.324. The van der Waals surface area contributed by atoms with Gasteiger partial charge in [-0.2, -0.15) is 0 Å². The van der Waals surface area contributed by atoms with E-state index in [9.17, 15) is 0 Å². The minimum atomic E-state index is 0. The van der Waals surface area contributed by atoms with Crippen LogP contribution in [0.2, 0.25) is 0 Å². The second kappa shape index (κ2) is 10.7. The number of aryl methyl sites for hydroxylation is 4. The summed E-state index contributed by atoms with van der Waals surface area (Å²) >= 11 is 0. The molecule has 5 heteroatoms. The molecule has 1 radical (unpaired) electrons. The van der Waals surface area contributed by atoms with Crippen LogP contribution in [-0.4, -0.2) is 19.9 Å². The van der Waals surface area contributed by atoms with Crippen LogP contribution in [0.4, 0.5) is 0 Å². The van der Waals surface area contributed by atoms with Gasteiger partial charge in [-0.05, 0) is 27.7 Å². The Hall–Kier alpha value is -2.75. The van der Waals surface area contributed by atoms with E-state index in [0.29, 0.717) is 0 Å². The maximum absolute atomic E-state index is 4.39. The van der Waals surface area contributed by atoms with Crippen molar-refractivity contribution in [1.29, 1.82) is 0 Å². The summed E-state index contributed by atoms with van der Waals surface area (Å²) in [5.74, 6) is 0. The summed E-state index contributed by atoms with van der Waals surface area (Å²) in [5.41, 5.74) is 8.07. The van der Waals surface area contributed by atoms with Gasteiger partial charge in [0.25, 0.3) is 0 Å². The summed E-state index contributed by atoms with van der Waals surface area (Å²) in [6.45, 7) is 7.88. The molecule has 0 aliphatic rings. The fourth-order valence-electron chi connectivity index (χ4n) is 2.95. The van der Waals surface area contributed by atoms with Gasteiger partial charge in [0, 0.05) is 43.6 Å². The minimum absolute atomic E-state index is 0. The minimum Gasteiger partial charge on any atom is -0.255 e. The van der Waals surface area contributed by atoms with Crippen molar-refractivity contribution in [3.05, 3.63) is 95.8 Å². The third kappa shape index (κ3) is 6.11. The van der Waals surface area contributed by atoms with Crippen LogP contribution in [0.1, 0.15) is 22.8 Å². The molecule has 0 saturated carbocycles. The Morgan fingerprint density at radius 1 is 0.517 bits per heavy atom. The van der Waals surface area contributed by atoms with Crippen LogP contribution in [0.15, 0.2) is 73.1 Å². The average molecular weight is 561 g/mol. The van der Waals surface area contributed by atoms with Crippen molar-refractivity contribution in [3.63, 3.8) is 0 Å². The molecule has 0 N–H and O–H groups in total. The molecule has 0 fully saturated rings. The van der Waals surface area contributed by atoms with Crippen molar-refractivity contribution in [1.82, 2.24) is 19.9 Å². The van der Waals surface area contributed by atoms with Crippen molar-refractivity contribution >= 4 is 0 Å². The molecule has 149 valence electrons. The molecule has 4 aromatic rings. The maximum Gasteiger partial charge on any atom is 0.0914 e. The number of aromatic nitrogens is 4. The van der Waals surface area contributed by atoms with E-state index in [0.717, 1.165) is 45.3 Å². The van der Waals surface area contributed by atoms with Crippen LogP contribution in [0, 0.1) is 27.7 Å². The van der Waals surface area contributed by atoms with Gasteiger partial charge in [-0.1, -0.05) is 60.7 Å². The standard InChI is InChI=1S/2C12H12N2.Ir/c2*1-9-8-13-12(10(2)14-9)11-6-4-3-5-7-11;/h2*3-8H,1-2H3;. The van der Waals surface area contributed by atoms with Gasteiger partial charge in [-0.15, -0.1) is 0 Å². The molecule has 0 spiro atoms. The molecule has 29 heavy (non-hydrogen) atoms. The molecule has 0 aliphatic carbocycles. The summed E-state index contributed by atoms with van der Waals surface area (Å²) in [6, 6.07) is 20.2. The summed E-state index contributed by atoms with van der Waals surface area (Å²) in [6.07, 6.45) is 3.60. The second-order valence-electron chi connectivity index (χ2n) is 6.62. The van der Waals surface area contributed by atoms with Crippen molar-refractivity contribution in [2.45, 2.75) is 27.7 Å². The molecule has 0 bridgehead atoms. The number of hydrogen-bond acceptors (Lipinski definition) is 4. The number of nitrogens with zero attached hydrogens (tertiary/aromatic N) is 4. The third-order valence-corrected chi connectivity index (χ3v) is 4.23. The first-order chi connectivity index (χ1) is 13.5. The normalized spacial score (nSPS) is 9.79. The zero-order valence-corrected chi connectivity index (χ0v) is 19.4. The van der Waals surface area contributed by atoms with Crippen molar-refractivity contribution in [2.24, 2.45) is 0 Å². The van der Waals surface area contributed by atoms with Crippen LogP contribution in [0.3, 0.4) is 0 Å². The monoisotopic (exact) mass is 561 g/mol. The second-order valence-corrected chi connectivity index (χ2v) is 6.62. The fraction of sp³-hybridized carbons (Fsp3) is 0.167. The zero-order valence-electron chi connectivity index (χ0n) is 17.1.